The predicted octanol–water partition coefficient (Wildman–Crippen LogP) is 2.63. The first kappa shape index (κ1) is 16.5. The summed E-state index contributed by atoms with van der Waals surface area (Å²) < 4.78 is 37.7. The van der Waals surface area contributed by atoms with Crippen LogP contribution in [0.4, 0.5) is 18.9 Å². The Labute approximate surface area is 127 Å². The fourth-order valence-electron chi connectivity index (χ4n) is 2.21. The highest BCUT2D eigenvalue weighted by atomic mass is 32.2. The van der Waals surface area contributed by atoms with Gasteiger partial charge in [-0.15, -0.1) is 11.8 Å². The molecule has 0 aliphatic carbocycles. The molecule has 0 bridgehead atoms. The van der Waals surface area contributed by atoms with Crippen LogP contribution in [0.25, 0.3) is 0 Å². The number of alkyl halides is 3. The van der Waals surface area contributed by atoms with Crippen LogP contribution in [0.15, 0.2) is 23.1 Å². The van der Waals surface area contributed by atoms with Crippen molar-refractivity contribution in [3.63, 3.8) is 0 Å². The molecule has 21 heavy (non-hydrogen) atoms. The summed E-state index contributed by atoms with van der Waals surface area (Å²) >= 11 is 1.51. The lowest BCUT2D eigenvalue weighted by Crippen LogP contribution is -2.45. The number of nitrogens with two attached hydrogens (primary N) is 1. The Morgan fingerprint density at radius 2 is 1.86 bits per heavy atom. The molecule has 1 aromatic carbocycles. The highest BCUT2D eigenvalue weighted by Crippen LogP contribution is 2.34. The molecule has 0 radical (unpaired) electrons. The summed E-state index contributed by atoms with van der Waals surface area (Å²) in [5.74, 6) is 0.833. The fourth-order valence-corrected chi connectivity index (χ4v) is 3.17. The summed E-state index contributed by atoms with van der Waals surface area (Å²) in [6.45, 7) is 5.14. The number of halogens is 3. The fraction of sp³-hybridized carbons (Fsp3) is 0.571. The topological polar surface area (TPSA) is 32.5 Å². The van der Waals surface area contributed by atoms with Gasteiger partial charge in [0.2, 0.25) is 0 Å². The number of nitrogen functional groups attached to an aromatic ring is 1. The van der Waals surface area contributed by atoms with E-state index in [1.54, 1.807) is 0 Å². The zero-order valence-electron chi connectivity index (χ0n) is 12.0. The average Bonchev–Trinajstić information content (AvgIpc) is 2.41. The number of hydrogen-bond donors (Lipinski definition) is 1. The molecule has 1 aromatic rings. The maximum absolute atomic E-state index is 12.6. The Balaban J connectivity index is 1.83. The molecule has 0 amide bonds. The van der Waals surface area contributed by atoms with E-state index in [1.165, 1.54) is 17.8 Å². The van der Waals surface area contributed by atoms with Crippen molar-refractivity contribution in [1.29, 1.82) is 0 Å². The second-order valence-corrected chi connectivity index (χ2v) is 6.38. The van der Waals surface area contributed by atoms with Gasteiger partial charge in [0, 0.05) is 49.1 Å². The standard InChI is InChI=1S/C14H20F3N3S/c1-19-4-6-20(7-5-19)8-9-21-13-3-2-11(10-12(13)18)14(15,16)17/h2-3,10H,4-9,18H2,1H3. The van der Waals surface area contributed by atoms with Crippen molar-refractivity contribution in [3.05, 3.63) is 23.8 Å². The third kappa shape index (κ3) is 4.79. The van der Waals surface area contributed by atoms with E-state index in [1.807, 2.05) is 0 Å². The van der Waals surface area contributed by atoms with Gasteiger partial charge in [0.25, 0.3) is 0 Å². The number of thioether (sulfide) groups is 1. The van der Waals surface area contributed by atoms with Gasteiger partial charge in [-0.3, -0.25) is 4.90 Å². The second kappa shape index (κ2) is 6.89. The van der Waals surface area contributed by atoms with Gasteiger partial charge in [0.05, 0.1) is 5.56 Å². The van der Waals surface area contributed by atoms with Crippen molar-refractivity contribution in [2.45, 2.75) is 11.1 Å². The SMILES string of the molecule is CN1CCN(CCSc2ccc(C(F)(F)F)cc2N)CC1. The molecule has 0 saturated carbocycles. The Bertz CT molecular complexity index is 471. The number of rotatable bonds is 4. The third-order valence-electron chi connectivity index (χ3n) is 3.60. The van der Waals surface area contributed by atoms with Gasteiger partial charge in [-0.25, -0.2) is 0 Å². The van der Waals surface area contributed by atoms with Crippen molar-refractivity contribution in [1.82, 2.24) is 9.80 Å². The highest BCUT2D eigenvalue weighted by Gasteiger charge is 2.30. The minimum atomic E-state index is -4.34. The zero-order valence-corrected chi connectivity index (χ0v) is 12.8. The molecule has 0 aromatic heterocycles. The first-order chi connectivity index (χ1) is 9.86. The van der Waals surface area contributed by atoms with Crippen LogP contribution in [0.3, 0.4) is 0 Å². The third-order valence-corrected chi connectivity index (χ3v) is 4.67. The molecule has 118 valence electrons. The van der Waals surface area contributed by atoms with E-state index in [2.05, 4.69) is 16.8 Å². The number of nitrogens with zero attached hydrogens (tertiary/aromatic N) is 2. The van der Waals surface area contributed by atoms with E-state index in [4.69, 9.17) is 5.73 Å². The van der Waals surface area contributed by atoms with Crippen LogP contribution >= 0.6 is 11.8 Å². The minimum absolute atomic E-state index is 0.202. The van der Waals surface area contributed by atoms with Gasteiger partial charge in [0.15, 0.2) is 0 Å². The number of piperazine rings is 1. The molecule has 0 spiro atoms. The smallest absolute Gasteiger partial charge is 0.398 e. The Hall–Kier alpha value is -0.920. The molecule has 1 saturated heterocycles. The number of anilines is 1. The summed E-state index contributed by atoms with van der Waals surface area (Å²) in [7, 11) is 2.11. The first-order valence-corrected chi connectivity index (χ1v) is 7.85. The Morgan fingerprint density at radius 1 is 1.19 bits per heavy atom. The summed E-state index contributed by atoms with van der Waals surface area (Å²) in [5.41, 5.74) is 5.23. The summed E-state index contributed by atoms with van der Waals surface area (Å²) in [6, 6.07) is 3.57. The molecule has 2 rings (SSSR count). The van der Waals surface area contributed by atoms with Gasteiger partial charge in [-0.2, -0.15) is 13.2 Å². The van der Waals surface area contributed by atoms with Gasteiger partial charge < -0.3 is 10.6 Å². The van der Waals surface area contributed by atoms with E-state index >= 15 is 0 Å². The molecular formula is C14H20F3N3S. The van der Waals surface area contributed by atoms with Crippen LogP contribution in [0.2, 0.25) is 0 Å². The molecular weight excluding hydrogens is 299 g/mol. The van der Waals surface area contributed by atoms with Crippen molar-refractivity contribution < 1.29 is 13.2 Å². The van der Waals surface area contributed by atoms with Crippen LogP contribution in [0, 0.1) is 0 Å². The summed E-state index contributed by atoms with van der Waals surface area (Å²) in [5, 5.41) is 0. The molecule has 0 unspecified atom stereocenters. The largest absolute Gasteiger partial charge is 0.416 e. The van der Waals surface area contributed by atoms with Crippen LogP contribution in [0.1, 0.15) is 5.56 Å². The van der Waals surface area contributed by atoms with Crippen molar-refractivity contribution >= 4 is 17.4 Å². The van der Waals surface area contributed by atoms with Crippen LogP contribution in [0.5, 0.6) is 0 Å². The van der Waals surface area contributed by atoms with E-state index < -0.39 is 11.7 Å². The lowest BCUT2D eigenvalue weighted by atomic mass is 10.2. The van der Waals surface area contributed by atoms with Gasteiger partial charge >= 0.3 is 6.18 Å². The minimum Gasteiger partial charge on any atom is -0.398 e. The lowest BCUT2D eigenvalue weighted by Gasteiger charge is -2.32. The van der Waals surface area contributed by atoms with Crippen LogP contribution < -0.4 is 5.73 Å². The van der Waals surface area contributed by atoms with E-state index in [-0.39, 0.29) is 5.69 Å². The molecule has 3 nitrogen and oxygen atoms in total. The highest BCUT2D eigenvalue weighted by molar-refractivity contribution is 7.99. The number of hydrogen-bond acceptors (Lipinski definition) is 4. The average molecular weight is 319 g/mol. The van der Waals surface area contributed by atoms with E-state index in [0.717, 1.165) is 55.5 Å². The molecule has 0 atom stereocenters. The maximum atomic E-state index is 12.6. The van der Waals surface area contributed by atoms with Gasteiger partial charge in [-0.1, -0.05) is 0 Å². The molecule has 1 aliphatic heterocycles. The van der Waals surface area contributed by atoms with Crippen LogP contribution in [-0.4, -0.2) is 55.3 Å². The van der Waals surface area contributed by atoms with Gasteiger partial charge in [0.1, 0.15) is 0 Å². The zero-order chi connectivity index (χ0) is 15.5. The second-order valence-electron chi connectivity index (χ2n) is 5.24. The lowest BCUT2D eigenvalue weighted by molar-refractivity contribution is -0.137. The Morgan fingerprint density at radius 3 is 2.43 bits per heavy atom. The summed E-state index contributed by atoms with van der Waals surface area (Å²) in [4.78, 5) is 5.38. The quantitative estimate of drug-likeness (QED) is 0.683. The van der Waals surface area contributed by atoms with Crippen molar-refractivity contribution in [2.75, 3.05) is 51.3 Å². The van der Waals surface area contributed by atoms with Crippen molar-refractivity contribution in [3.8, 4) is 0 Å². The van der Waals surface area contributed by atoms with Crippen molar-refractivity contribution in [2.24, 2.45) is 0 Å². The maximum Gasteiger partial charge on any atom is 0.416 e. The monoisotopic (exact) mass is 319 g/mol. The van der Waals surface area contributed by atoms with E-state index in [0.29, 0.717) is 0 Å². The molecule has 7 heteroatoms. The van der Waals surface area contributed by atoms with E-state index in [9.17, 15) is 13.2 Å². The predicted molar refractivity (Wildman–Crippen MR) is 80.5 cm³/mol. The number of likely N-dealkylation sites (N-methyl/N-ethyl adjacent to an activating group) is 1. The normalized spacial score (nSPS) is 18.1. The Kier molecular flexibility index (Phi) is 5.40. The molecule has 1 heterocycles. The first-order valence-electron chi connectivity index (χ1n) is 6.86. The van der Waals surface area contributed by atoms with Crippen LogP contribution in [-0.2, 0) is 6.18 Å². The molecule has 1 aliphatic rings. The van der Waals surface area contributed by atoms with Gasteiger partial charge in [-0.05, 0) is 25.2 Å². The number of benzene rings is 1. The summed E-state index contributed by atoms with van der Waals surface area (Å²) in [6.07, 6.45) is -4.34. The molecule has 1 fully saturated rings. The molecule has 2 N–H and O–H groups in total.